The lowest BCUT2D eigenvalue weighted by Gasteiger charge is -2.08. The van der Waals surface area contributed by atoms with Gasteiger partial charge in [-0.2, -0.15) is 0 Å². The van der Waals surface area contributed by atoms with Gasteiger partial charge < -0.3 is 10.3 Å². The first-order valence-corrected chi connectivity index (χ1v) is 5.11. The van der Waals surface area contributed by atoms with E-state index in [-0.39, 0.29) is 5.91 Å². The zero-order valence-corrected chi connectivity index (χ0v) is 9.38. The monoisotopic (exact) mass is 235 g/mol. The van der Waals surface area contributed by atoms with Gasteiger partial charge in [-0.15, -0.1) is 0 Å². The van der Waals surface area contributed by atoms with Crippen LogP contribution in [-0.4, -0.2) is 15.9 Å². The van der Waals surface area contributed by atoms with Crippen LogP contribution in [0.15, 0.2) is 30.7 Å². The number of rotatable bonds is 2. The number of nitrogens with zero attached hydrogens (tertiary/aromatic N) is 1. The summed E-state index contributed by atoms with van der Waals surface area (Å²) in [5.41, 5.74) is 1.96. The topological polar surface area (TPSA) is 57.8 Å². The number of anilines is 1. The van der Waals surface area contributed by atoms with Gasteiger partial charge in [-0.3, -0.25) is 4.79 Å². The first-order chi connectivity index (χ1) is 7.68. The van der Waals surface area contributed by atoms with Gasteiger partial charge in [0.15, 0.2) is 0 Å². The van der Waals surface area contributed by atoms with Crippen molar-refractivity contribution in [2.75, 3.05) is 5.32 Å². The Kier molecular flexibility index (Phi) is 2.92. The summed E-state index contributed by atoms with van der Waals surface area (Å²) in [7, 11) is 0. The van der Waals surface area contributed by atoms with Gasteiger partial charge in [-0.25, -0.2) is 4.98 Å². The Labute approximate surface area is 97.7 Å². The molecule has 1 heterocycles. The molecule has 1 amide bonds. The largest absolute Gasteiger partial charge is 0.341 e. The first-order valence-electron chi connectivity index (χ1n) is 4.73. The molecule has 1 aromatic carbocycles. The summed E-state index contributed by atoms with van der Waals surface area (Å²) in [5, 5.41) is 3.39. The number of carbonyl (C=O) groups is 1. The fraction of sp³-hybridized carbons (Fsp3) is 0.0909. The summed E-state index contributed by atoms with van der Waals surface area (Å²) >= 11 is 5.95. The number of H-pyrrole nitrogens is 1. The minimum atomic E-state index is -0.233. The fourth-order valence-electron chi connectivity index (χ4n) is 1.31. The van der Waals surface area contributed by atoms with Crippen LogP contribution in [-0.2, 0) is 0 Å². The standard InChI is InChI=1S/C11H10ClN3O/c1-7-8(12)3-2-4-9(7)15-11(16)10-5-13-6-14-10/h2-6H,1H3,(H,13,14)(H,15,16). The van der Waals surface area contributed by atoms with Gasteiger partial charge in [0.2, 0.25) is 0 Å². The van der Waals surface area contributed by atoms with E-state index in [1.807, 2.05) is 6.92 Å². The molecule has 0 aliphatic carbocycles. The summed E-state index contributed by atoms with van der Waals surface area (Å²) in [6.07, 6.45) is 2.93. The molecule has 0 unspecified atom stereocenters. The van der Waals surface area contributed by atoms with Crippen molar-refractivity contribution >= 4 is 23.2 Å². The van der Waals surface area contributed by atoms with Gasteiger partial charge in [-0.05, 0) is 24.6 Å². The Hall–Kier alpha value is -1.81. The molecular weight excluding hydrogens is 226 g/mol. The number of hydrogen-bond donors (Lipinski definition) is 2. The van der Waals surface area contributed by atoms with Crippen molar-refractivity contribution in [3.8, 4) is 0 Å². The second-order valence-corrected chi connectivity index (χ2v) is 3.74. The highest BCUT2D eigenvalue weighted by molar-refractivity contribution is 6.31. The molecule has 2 rings (SSSR count). The average molecular weight is 236 g/mol. The molecule has 0 fully saturated rings. The maximum atomic E-state index is 11.7. The van der Waals surface area contributed by atoms with Gasteiger partial charge >= 0.3 is 0 Å². The smallest absolute Gasteiger partial charge is 0.273 e. The third-order valence-electron chi connectivity index (χ3n) is 2.26. The minimum Gasteiger partial charge on any atom is -0.341 e. The number of hydrogen-bond acceptors (Lipinski definition) is 2. The van der Waals surface area contributed by atoms with E-state index >= 15 is 0 Å². The van der Waals surface area contributed by atoms with Crippen molar-refractivity contribution in [1.29, 1.82) is 0 Å². The van der Waals surface area contributed by atoms with Gasteiger partial charge in [0.1, 0.15) is 5.69 Å². The van der Waals surface area contributed by atoms with Crippen LogP contribution in [0, 0.1) is 6.92 Å². The zero-order chi connectivity index (χ0) is 11.5. The Balaban J connectivity index is 2.22. The van der Waals surface area contributed by atoms with Crippen LogP contribution in [0.25, 0.3) is 0 Å². The van der Waals surface area contributed by atoms with E-state index in [4.69, 9.17) is 11.6 Å². The van der Waals surface area contributed by atoms with Gasteiger partial charge in [-0.1, -0.05) is 17.7 Å². The van der Waals surface area contributed by atoms with Crippen molar-refractivity contribution in [3.63, 3.8) is 0 Å². The van der Waals surface area contributed by atoms with Crippen molar-refractivity contribution < 1.29 is 4.79 Å². The molecule has 4 nitrogen and oxygen atoms in total. The molecule has 0 spiro atoms. The highest BCUT2D eigenvalue weighted by Crippen LogP contribution is 2.23. The molecule has 2 aromatic rings. The van der Waals surface area contributed by atoms with Crippen LogP contribution < -0.4 is 5.32 Å². The maximum absolute atomic E-state index is 11.7. The van der Waals surface area contributed by atoms with Crippen LogP contribution >= 0.6 is 11.6 Å². The number of aromatic amines is 1. The zero-order valence-electron chi connectivity index (χ0n) is 8.62. The van der Waals surface area contributed by atoms with Crippen LogP contribution in [0.2, 0.25) is 5.02 Å². The highest BCUT2D eigenvalue weighted by atomic mass is 35.5. The van der Waals surface area contributed by atoms with E-state index in [0.717, 1.165) is 5.56 Å². The molecule has 82 valence electrons. The molecule has 0 saturated heterocycles. The molecule has 0 bridgehead atoms. The van der Waals surface area contributed by atoms with Gasteiger partial charge in [0, 0.05) is 10.7 Å². The summed E-state index contributed by atoms with van der Waals surface area (Å²) in [4.78, 5) is 18.2. The number of amides is 1. The lowest BCUT2D eigenvalue weighted by Crippen LogP contribution is -2.13. The Morgan fingerprint density at radius 2 is 2.31 bits per heavy atom. The summed E-state index contributed by atoms with van der Waals surface area (Å²) in [6.45, 7) is 1.85. The Morgan fingerprint density at radius 1 is 1.50 bits per heavy atom. The predicted octanol–water partition coefficient (Wildman–Crippen LogP) is 2.62. The molecule has 0 aliphatic heterocycles. The van der Waals surface area contributed by atoms with Gasteiger partial charge in [0.25, 0.3) is 5.91 Å². The highest BCUT2D eigenvalue weighted by Gasteiger charge is 2.09. The lowest BCUT2D eigenvalue weighted by atomic mass is 10.2. The van der Waals surface area contributed by atoms with Crippen molar-refractivity contribution in [1.82, 2.24) is 9.97 Å². The molecule has 0 radical (unpaired) electrons. The Bertz CT molecular complexity index is 508. The summed E-state index contributed by atoms with van der Waals surface area (Å²) in [5.74, 6) is -0.233. The second-order valence-electron chi connectivity index (χ2n) is 3.33. The molecule has 2 N–H and O–H groups in total. The van der Waals surface area contributed by atoms with Crippen molar-refractivity contribution in [3.05, 3.63) is 47.0 Å². The van der Waals surface area contributed by atoms with Crippen LogP contribution in [0.4, 0.5) is 5.69 Å². The molecule has 0 atom stereocenters. The molecule has 1 aromatic heterocycles. The van der Waals surface area contributed by atoms with E-state index in [1.54, 1.807) is 18.2 Å². The SMILES string of the molecule is Cc1c(Cl)cccc1NC(=O)c1cnc[nH]1. The summed E-state index contributed by atoms with van der Waals surface area (Å²) in [6, 6.07) is 5.37. The third kappa shape index (κ3) is 2.06. The van der Waals surface area contributed by atoms with Crippen LogP contribution in [0.1, 0.15) is 16.1 Å². The number of aromatic nitrogens is 2. The van der Waals surface area contributed by atoms with Crippen molar-refractivity contribution in [2.45, 2.75) is 6.92 Å². The van der Waals surface area contributed by atoms with Crippen LogP contribution in [0.5, 0.6) is 0 Å². The maximum Gasteiger partial charge on any atom is 0.273 e. The number of benzene rings is 1. The van der Waals surface area contributed by atoms with Gasteiger partial charge in [0.05, 0.1) is 12.5 Å². The third-order valence-corrected chi connectivity index (χ3v) is 2.67. The van der Waals surface area contributed by atoms with E-state index in [9.17, 15) is 4.79 Å². The molecule has 16 heavy (non-hydrogen) atoms. The second kappa shape index (κ2) is 4.37. The lowest BCUT2D eigenvalue weighted by molar-refractivity contribution is 0.102. The number of carbonyl (C=O) groups excluding carboxylic acids is 1. The predicted molar refractivity (Wildman–Crippen MR) is 62.7 cm³/mol. The average Bonchev–Trinajstić information content (AvgIpc) is 2.78. The molecule has 0 aliphatic rings. The van der Waals surface area contributed by atoms with E-state index in [2.05, 4.69) is 15.3 Å². The van der Waals surface area contributed by atoms with E-state index in [1.165, 1.54) is 12.5 Å². The number of nitrogens with one attached hydrogen (secondary N) is 2. The summed E-state index contributed by atoms with van der Waals surface area (Å²) < 4.78 is 0. The molecule has 5 heteroatoms. The first kappa shape index (κ1) is 10.7. The molecule has 0 saturated carbocycles. The minimum absolute atomic E-state index is 0.233. The van der Waals surface area contributed by atoms with E-state index < -0.39 is 0 Å². The van der Waals surface area contributed by atoms with E-state index in [0.29, 0.717) is 16.4 Å². The Morgan fingerprint density at radius 3 is 3.00 bits per heavy atom. The normalized spacial score (nSPS) is 10.1. The quantitative estimate of drug-likeness (QED) is 0.841. The fourth-order valence-corrected chi connectivity index (χ4v) is 1.49. The van der Waals surface area contributed by atoms with Crippen molar-refractivity contribution in [2.24, 2.45) is 0 Å². The number of halogens is 1. The number of imidazole rings is 1. The van der Waals surface area contributed by atoms with Crippen LogP contribution in [0.3, 0.4) is 0 Å². The molecular formula is C11H10ClN3O.